The van der Waals surface area contributed by atoms with Gasteiger partial charge in [-0.25, -0.2) is 4.79 Å². The van der Waals surface area contributed by atoms with Gasteiger partial charge >= 0.3 is 5.97 Å². The number of fused-ring (bicyclic) bond motifs is 1. The molecule has 0 aromatic carbocycles. The number of rotatable bonds is 2. The minimum Gasteiger partial charge on any atom is -0.478 e. The van der Waals surface area contributed by atoms with E-state index in [0.29, 0.717) is 11.5 Å². The molecule has 1 heterocycles. The van der Waals surface area contributed by atoms with Crippen molar-refractivity contribution in [1.29, 1.82) is 0 Å². The van der Waals surface area contributed by atoms with Crippen LogP contribution in [0.5, 0.6) is 0 Å². The maximum atomic E-state index is 11.4. The van der Waals surface area contributed by atoms with Crippen LogP contribution >= 0.6 is 11.3 Å². The molecular formula is C13H19NO2S. The molecule has 0 bridgehead atoms. The quantitative estimate of drug-likeness (QED) is 0.847. The van der Waals surface area contributed by atoms with E-state index in [1.54, 1.807) is 18.4 Å². The standard InChI is InChI=1S/C13H19NO2S/c1-7-5-13(2,3)6-8-9(7)10(12(15)16)11(14-4)17-8/h7,14H,5-6H2,1-4H3,(H,15,16). The Morgan fingerprint density at radius 2 is 2.18 bits per heavy atom. The van der Waals surface area contributed by atoms with Crippen LogP contribution in [-0.4, -0.2) is 18.1 Å². The van der Waals surface area contributed by atoms with Crippen LogP contribution in [0.4, 0.5) is 5.00 Å². The van der Waals surface area contributed by atoms with E-state index in [0.717, 1.165) is 23.4 Å². The molecule has 0 saturated carbocycles. The Labute approximate surface area is 106 Å². The van der Waals surface area contributed by atoms with Gasteiger partial charge in [-0.1, -0.05) is 20.8 Å². The summed E-state index contributed by atoms with van der Waals surface area (Å²) in [5, 5.41) is 13.2. The number of aromatic carboxylic acids is 1. The van der Waals surface area contributed by atoms with Gasteiger partial charge in [0.05, 0.1) is 5.56 Å². The van der Waals surface area contributed by atoms with Crippen molar-refractivity contribution in [3.8, 4) is 0 Å². The lowest BCUT2D eigenvalue weighted by atomic mass is 9.72. The lowest BCUT2D eigenvalue weighted by molar-refractivity contribution is 0.0695. The maximum Gasteiger partial charge on any atom is 0.339 e. The molecule has 2 N–H and O–H groups in total. The molecule has 0 aliphatic heterocycles. The minimum atomic E-state index is -0.807. The van der Waals surface area contributed by atoms with Crippen molar-refractivity contribution >= 4 is 22.3 Å². The number of nitrogens with one attached hydrogen (secondary N) is 1. The van der Waals surface area contributed by atoms with Gasteiger partial charge in [0.1, 0.15) is 5.00 Å². The first-order chi connectivity index (χ1) is 7.85. The van der Waals surface area contributed by atoms with Crippen LogP contribution in [0.1, 0.15) is 53.9 Å². The van der Waals surface area contributed by atoms with Crippen molar-refractivity contribution in [3.05, 3.63) is 16.0 Å². The molecule has 94 valence electrons. The van der Waals surface area contributed by atoms with Gasteiger partial charge in [-0.3, -0.25) is 0 Å². The molecular weight excluding hydrogens is 234 g/mol. The molecule has 1 aliphatic rings. The van der Waals surface area contributed by atoms with Crippen LogP contribution in [0.3, 0.4) is 0 Å². The summed E-state index contributed by atoms with van der Waals surface area (Å²) in [5.74, 6) is -0.475. The zero-order valence-electron chi connectivity index (χ0n) is 10.8. The molecule has 0 saturated heterocycles. The summed E-state index contributed by atoms with van der Waals surface area (Å²) in [5.41, 5.74) is 1.83. The fourth-order valence-electron chi connectivity index (χ4n) is 2.97. The topological polar surface area (TPSA) is 49.3 Å². The number of hydrogen-bond acceptors (Lipinski definition) is 3. The normalized spacial score (nSPS) is 22.0. The molecule has 1 aromatic heterocycles. The van der Waals surface area contributed by atoms with Crippen LogP contribution in [0.2, 0.25) is 0 Å². The fraction of sp³-hybridized carbons (Fsp3) is 0.615. The summed E-state index contributed by atoms with van der Waals surface area (Å²) in [6.45, 7) is 6.65. The van der Waals surface area contributed by atoms with Gasteiger partial charge in [-0.15, -0.1) is 11.3 Å². The van der Waals surface area contributed by atoms with Crippen molar-refractivity contribution in [2.45, 2.75) is 39.5 Å². The second-order valence-corrected chi connectivity index (χ2v) is 6.75. The van der Waals surface area contributed by atoms with Crippen LogP contribution in [-0.2, 0) is 6.42 Å². The molecule has 2 rings (SSSR count). The lowest BCUT2D eigenvalue weighted by Gasteiger charge is -2.33. The van der Waals surface area contributed by atoms with Gasteiger partial charge in [0.2, 0.25) is 0 Å². The van der Waals surface area contributed by atoms with Gasteiger partial charge in [-0.05, 0) is 29.7 Å². The van der Waals surface area contributed by atoms with E-state index in [2.05, 4.69) is 26.1 Å². The van der Waals surface area contributed by atoms with Crippen LogP contribution in [0, 0.1) is 5.41 Å². The van der Waals surface area contributed by atoms with E-state index in [1.807, 2.05) is 0 Å². The summed E-state index contributed by atoms with van der Waals surface area (Å²) < 4.78 is 0. The van der Waals surface area contributed by atoms with Crippen molar-refractivity contribution in [2.75, 3.05) is 12.4 Å². The third-order valence-corrected chi connectivity index (χ3v) is 4.68. The first-order valence-electron chi connectivity index (χ1n) is 5.92. The first-order valence-corrected chi connectivity index (χ1v) is 6.74. The van der Waals surface area contributed by atoms with Crippen LogP contribution in [0.25, 0.3) is 0 Å². The Bertz CT molecular complexity index is 462. The number of anilines is 1. The molecule has 0 fully saturated rings. The van der Waals surface area contributed by atoms with E-state index < -0.39 is 5.97 Å². The molecule has 0 amide bonds. The largest absolute Gasteiger partial charge is 0.478 e. The summed E-state index contributed by atoms with van der Waals surface area (Å²) in [6, 6.07) is 0. The second-order valence-electron chi connectivity index (χ2n) is 5.64. The van der Waals surface area contributed by atoms with E-state index >= 15 is 0 Å². The smallest absolute Gasteiger partial charge is 0.339 e. The zero-order chi connectivity index (χ0) is 12.8. The van der Waals surface area contributed by atoms with Crippen LogP contribution in [0.15, 0.2) is 0 Å². The second kappa shape index (κ2) is 4.02. The highest BCUT2D eigenvalue weighted by molar-refractivity contribution is 7.16. The fourth-order valence-corrected chi connectivity index (χ4v) is 4.49. The zero-order valence-corrected chi connectivity index (χ0v) is 11.6. The average molecular weight is 253 g/mol. The van der Waals surface area contributed by atoms with Crippen LogP contribution < -0.4 is 5.32 Å². The van der Waals surface area contributed by atoms with Crippen molar-refractivity contribution in [3.63, 3.8) is 0 Å². The van der Waals surface area contributed by atoms with Gasteiger partial charge in [0, 0.05) is 11.9 Å². The van der Waals surface area contributed by atoms with Gasteiger partial charge < -0.3 is 10.4 Å². The van der Waals surface area contributed by atoms with Gasteiger partial charge in [-0.2, -0.15) is 0 Å². The van der Waals surface area contributed by atoms with E-state index in [4.69, 9.17) is 0 Å². The molecule has 1 atom stereocenters. The molecule has 1 aromatic rings. The van der Waals surface area contributed by atoms with E-state index in [9.17, 15) is 9.90 Å². The highest BCUT2D eigenvalue weighted by atomic mass is 32.1. The third kappa shape index (κ3) is 2.06. The SMILES string of the molecule is CNc1sc2c(c1C(=O)O)C(C)CC(C)(C)C2. The van der Waals surface area contributed by atoms with Crippen molar-refractivity contribution in [2.24, 2.45) is 5.41 Å². The highest BCUT2D eigenvalue weighted by Crippen LogP contribution is 2.48. The summed E-state index contributed by atoms with van der Waals surface area (Å²) in [6.07, 6.45) is 2.04. The third-order valence-electron chi connectivity index (χ3n) is 3.45. The Morgan fingerprint density at radius 1 is 1.53 bits per heavy atom. The maximum absolute atomic E-state index is 11.4. The van der Waals surface area contributed by atoms with Gasteiger partial charge in [0.25, 0.3) is 0 Å². The molecule has 0 spiro atoms. The monoisotopic (exact) mass is 253 g/mol. The van der Waals surface area contributed by atoms with Crippen molar-refractivity contribution in [1.82, 2.24) is 0 Å². The van der Waals surface area contributed by atoms with Gasteiger partial charge in [0.15, 0.2) is 0 Å². The number of thiophene rings is 1. The highest BCUT2D eigenvalue weighted by Gasteiger charge is 2.36. The number of carboxylic acids is 1. The molecule has 1 unspecified atom stereocenters. The molecule has 0 radical (unpaired) electrons. The molecule has 4 heteroatoms. The first kappa shape index (κ1) is 12.4. The van der Waals surface area contributed by atoms with E-state index in [-0.39, 0.29) is 5.41 Å². The summed E-state index contributed by atoms with van der Waals surface area (Å²) in [7, 11) is 1.79. The summed E-state index contributed by atoms with van der Waals surface area (Å²) >= 11 is 1.60. The minimum absolute atomic E-state index is 0.276. The predicted molar refractivity (Wildman–Crippen MR) is 71.3 cm³/mol. The Hall–Kier alpha value is -1.03. The van der Waals surface area contributed by atoms with E-state index in [1.165, 1.54) is 4.88 Å². The molecule has 17 heavy (non-hydrogen) atoms. The number of hydrogen-bond donors (Lipinski definition) is 2. The average Bonchev–Trinajstić information content (AvgIpc) is 2.54. The molecule has 1 aliphatic carbocycles. The predicted octanol–water partition coefficient (Wildman–Crippen LogP) is 3.56. The van der Waals surface area contributed by atoms with Crippen molar-refractivity contribution < 1.29 is 9.90 Å². The summed E-state index contributed by atoms with van der Waals surface area (Å²) in [4.78, 5) is 12.6. The lowest BCUT2D eigenvalue weighted by Crippen LogP contribution is -2.24. The number of carboxylic acid groups (broad SMARTS) is 1. The molecule has 3 nitrogen and oxygen atoms in total. The number of carbonyl (C=O) groups is 1. The Kier molecular flexibility index (Phi) is 2.94. The Morgan fingerprint density at radius 3 is 2.71 bits per heavy atom. The Balaban J connectivity index is 2.58.